The van der Waals surface area contributed by atoms with E-state index in [2.05, 4.69) is 14.8 Å². The predicted molar refractivity (Wildman–Crippen MR) is 68.6 cm³/mol. The first kappa shape index (κ1) is 15.2. The van der Waals surface area contributed by atoms with Crippen LogP contribution in [0.5, 0.6) is 0 Å². The molecule has 0 unspecified atom stereocenters. The number of hydrogen-bond acceptors (Lipinski definition) is 4. The van der Waals surface area contributed by atoms with Crippen molar-refractivity contribution in [3.05, 3.63) is 0 Å². The van der Waals surface area contributed by atoms with Crippen LogP contribution in [-0.2, 0) is 19.0 Å². The third kappa shape index (κ3) is 4.41. The van der Waals surface area contributed by atoms with Gasteiger partial charge in [-0.1, -0.05) is 0 Å². The Morgan fingerprint density at radius 3 is 2.41 bits per heavy atom. The van der Waals surface area contributed by atoms with Gasteiger partial charge in [0.25, 0.3) is 0 Å². The van der Waals surface area contributed by atoms with Gasteiger partial charge in [0, 0.05) is 0 Å². The summed E-state index contributed by atoms with van der Waals surface area (Å²) in [6.07, 6.45) is 0.500. The second-order valence-corrected chi connectivity index (χ2v) is 21.7. The molecule has 1 saturated heterocycles. The summed E-state index contributed by atoms with van der Waals surface area (Å²) >= 11 is -2.25. The summed E-state index contributed by atoms with van der Waals surface area (Å²) in [5.41, 5.74) is 0. The molecule has 1 aliphatic heterocycles. The minimum absolute atomic E-state index is 0.0416. The molecule has 0 aliphatic carbocycles. The molecule has 0 aromatic heterocycles. The molecule has 1 heterocycles. The van der Waals surface area contributed by atoms with Crippen molar-refractivity contribution in [3.8, 4) is 0 Å². The summed E-state index contributed by atoms with van der Waals surface area (Å²) in [4.78, 5) is 18.5. The van der Waals surface area contributed by atoms with Crippen molar-refractivity contribution in [2.45, 2.75) is 50.9 Å². The van der Waals surface area contributed by atoms with Gasteiger partial charge in [0.05, 0.1) is 0 Å². The van der Waals surface area contributed by atoms with E-state index in [1.165, 1.54) is 7.11 Å². The van der Waals surface area contributed by atoms with Crippen LogP contribution in [0.4, 0.5) is 0 Å². The van der Waals surface area contributed by atoms with E-state index in [1.807, 2.05) is 13.8 Å². The molecule has 17 heavy (non-hydrogen) atoms. The maximum atomic E-state index is 11.5. The summed E-state index contributed by atoms with van der Waals surface area (Å²) in [6, 6.07) is 0. The van der Waals surface area contributed by atoms with Crippen molar-refractivity contribution in [3.63, 3.8) is 0 Å². The quantitative estimate of drug-likeness (QED) is 0.577. The van der Waals surface area contributed by atoms with E-state index in [9.17, 15) is 4.79 Å². The normalized spacial score (nSPS) is 25.6. The number of rotatable bonds is 4. The summed E-state index contributed by atoms with van der Waals surface area (Å²) < 4.78 is 16.6. The van der Waals surface area contributed by atoms with Crippen LogP contribution < -0.4 is 0 Å². The van der Waals surface area contributed by atoms with Crippen LogP contribution in [0.2, 0.25) is 18.8 Å². The van der Waals surface area contributed by atoms with Gasteiger partial charge in [-0.2, -0.15) is 0 Å². The van der Waals surface area contributed by atoms with Crippen LogP contribution in [0.15, 0.2) is 0 Å². The Morgan fingerprint density at radius 1 is 1.47 bits per heavy atom. The molecule has 0 saturated carbocycles. The van der Waals surface area contributed by atoms with Gasteiger partial charge in [-0.15, -0.1) is 0 Å². The van der Waals surface area contributed by atoms with Gasteiger partial charge in [0.15, 0.2) is 0 Å². The first-order valence-electron chi connectivity index (χ1n) is 6.04. The van der Waals surface area contributed by atoms with Crippen molar-refractivity contribution >= 4 is 24.3 Å². The fourth-order valence-corrected chi connectivity index (χ4v) is 8.05. The zero-order chi connectivity index (χ0) is 13.3. The second-order valence-electron chi connectivity index (χ2n) is 6.12. The van der Waals surface area contributed by atoms with Crippen molar-refractivity contribution in [2.24, 2.45) is 0 Å². The van der Waals surface area contributed by atoms with Crippen LogP contribution >= 0.6 is 0 Å². The third-order valence-corrected chi connectivity index (χ3v) is 11.2. The number of hydrogen-bond donors (Lipinski definition) is 0. The molecule has 0 radical (unpaired) electrons. The number of ether oxygens (including phenoxy) is 3. The van der Waals surface area contributed by atoms with Crippen LogP contribution in [0, 0.1) is 0 Å². The van der Waals surface area contributed by atoms with E-state index in [-0.39, 0.29) is 12.1 Å². The molecule has 0 aromatic rings. The van der Waals surface area contributed by atoms with E-state index in [1.54, 1.807) is 0 Å². The zero-order valence-corrected chi connectivity index (χ0v) is 14.6. The molecule has 4 nitrogen and oxygen atoms in total. The topological polar surface area (TPSA) is 44.8 Å². The van der Waals surface area contributed by atoms with Crippen molar-refractivity contribution in [1.82, 2.24) is 0 Å². The Kier molecular flexibility index (Phi) is 4.88. The summed E-state index contributed by atoms with van der Waals surface area (Å²) in [5.74, 6) is -0.661. The molecule has 1 fully saturated rings. The molecule has 0 spiro atoms. The van der Waals surface area contributed by atoms with E-state index < -0.39 is 24.2 Å². The first-order valence-corrected chi connectivity index (χ1v) is 16.3. The molecule has 2 atom stereocenters. The Balaban J connectivity index is 2.75. The predicted octanol–water partition coefficient (Wildman–Crippen LogP) is 2.41. The SMILES string of the molecule is COC(=O)C[C@@H]([C@@H]1COC(C)(C)O1)[Sn]([CH3])([CH3])[CH3]. The Morgan fingerprint density at radius 2 is 2.06 bits per heavy atom. The molecular formula is C12H24O4Sn. The molecule has 0 aromatic carbocycles. The molecule has 0 bridgehead atoms. The fraction of sp³-hybridized carbons (Fsp3) is 0.917. The third-order valence-electron chi connectivity index (χ3n) is 3.21. The minimum atomic E-state index is -2.25. The number of carbonyl (C=O) groups excluding carboxylic acids is 1. The van der Waals surface area contributed by atoms with Crippen molar-refractivity contribution in [1.29, 1.82) is 0 Å². The van der Waals surface area contributed by atoms with Crippen LogP contribution in [0.3, 0.4) is 0 Å². The van der Waals surface area contributed by atoms with Gasteiger partial charge >= 0.3 is 108 Å². The average molecular weight is 351 g/mol. The fourth-order valence-electron chi connectivity index (χ4n) is 2.17. The van der Waals surface area contributed by atoms with Gasteiger partial charge in [-0.25, -0.2) is 0 Å². The standard InChI is InChI=1S/C9H15O4.3CH3.Sn/c1-9(2)12-6-7(13-9)4-5-8(10)11-3;;;;/h4,7H,5-6H2,1-3H3;3*1H3;/t7-;;;;/m1..../s1. The second kappa shape index (κ2) is 5.45. The molecule has 1 aliphatic rings. The zero-order valence-electron chi connectivity index (χ0n) is 11.7. The molecule has 1 rings (SSSR count). The van der Waals surface area contributed by atoms with Crippen molar-refractivity contribution in [2.75, 3.05) is 13.7 Å². The number of carbonyl (C=O) groups is 1. The Bertz CT molecular complexity index is 283. The van der Waals surface area contributed by atoms with Crippen LogP contribution in [-0.4, -0.2) is 50.0 Å². The number of methoxy groups -OCH3 is 1. The molecule has 100 valence electrons. The average Bonchev–Trinajstić information content (AvgIpc) is 2.52. The van der Waals surface area contributed by atoms with Crippen LogP contribution in [0.1, 0.15) is 20.3 Å². The molecule has 0 amide bonds. The van der Waals surface area contributed by atoms with E-state index in [0.717, 1.165) is 0 Å². The van der Waals surface area contributed by atoms with E-state index >= 15 is 0 Å². The van der Waals surface area contributed by atoms with Gasteiger partial charge in [-0.3, -0.25) is 0 Å². The van der Waals surface area contributed by atoms with Gasteiger partial charge in [-0.05, 0) is 0 Å². The molecule has 0 N–H and O–H groups in total. The Labute approximate surface area is 108 Å². The van der Waals surface area contributed by atoms with E-state index in [0.29, 0.717) is 17.0 Å². The summed E-state index contributed by atoms with van der Waals surface area (Å²) in [6.45, 7) is 4.42. The van der Waals surface area contributed by atoms with E-state index in [4.69, 9.17) is 14.2 Å². The molecule has 5 heteroatoms. The first-order chi connectivity index (χ1) is 7.65. The molecular weight excluding hydrogens is 327 g/mol. The van der Waals surface area contributed by atoms with Gasteiger partial charge < -0.3 is 0 Å². The summed E-state index contributed by atoms with van der Waals surface area (Å²) in [5, 5.41) is 0. The van der Waals surface area contributed by atoms with Crippen molar-refractivity contribution < 1.29 is 19.0 Å². The van der Waals surface area contributed by atoms with Crippen LogP contribution in [0.25, 0.3) is 0 Å². The monoisotopic (exact) mass is 352 g/mol. The Hall–Kier alpha value is 0.189. The maximum absolute atomic E-state index is 11.5. The van der Waals surface area contributed by atoms with Gasteiger partial charge in [0.2, 0.25) is 0 Å². The number of esters is 1. The van der Waals surface area contributed by atoms with Gasteiger partial charge in [0.1, 0.15) is 0 Å². The summed E-state index contributed by atoms with van der Waals surface area (Å²) in [7, 11) is 1.44.